The molecule has 2 aromatic heterocycles. The SMILES string of the molecule is Cc1csc([C@@H]2CN(Cc3cc(-c4ccccc4)no3)CCO2)n1. The summed E-state index contributed by atoms with van der Waals surface area (Å²) in [5.74, 6) is 0.879. The monoisotopic (exact) mass is 341 g/mol. The number of morpholine rings is 1. The maximum Gasteiger partial charge on any atom is 0.151 e. The van der Waals surface area contributed by atoms with Crippen LogP contribution in [0.4, 0.5) is 0 Å². The Labute approximate surface area is 144 Å². The third-order valence-electron chi connectivity index (χ3n) is 4.07. The second kappa shape index (κ2) is 6.84. The fraction of sp³-hybridized carbons (Fsp3) is 0.333. The number of hydrogen-bond donors (Lipinski definition) is 0. The Hall–Kier alpha value is -2.02. The van der Waals surface area contributed by atoms with E-state index >= 15 is 0 Å². The van der Waals surface area contributed by atoms with Crippen LogP contribution >= 0.6 is 11.3 Å². The molecule has 4 rings (SSSR count). The first kappa shape index (κ1) is 15.5. The minimum atomic E-state index is 0.0500. The zero-order valence-electron chi connectivity index (χ0n) is 13.5. The molecular weight excluding hydrogens is 322 g/mol. The summed E-state index contributed by atoms with van der Waals surface area (Å²) in [5, 5.41) is 7.31. The van der Waals surface area contributed by atoms with E-state index in [-0.39, 0.29) is 6.10 Å². The number of ether oxygens (including phenoxy) is 1. The van der Waals surface area contributed by atoms with E-state index in [4.69, 9.17) is 9.26 Å². The maximum atomic E-state index is 5.88. The van der Waals surface area contributed by atoms with E-state index in [1.807, 2.05) is 43.3 Å². The van der Waals surface area contributed by atoms with Gasteiger partial charge >= 0.3 is 0 Å². The van der Waals surface area contributed by atoms with Gasteiger partial charge in [0.1, 0.15) is 16.8 Å². The number of aryl methyl sites for hydroxylation is 1. The van der Waals surface area contributed by atoms with Crippen LogP contribution in [-0.4, -0.2) is 34.7 Å². The molecule has 0 unspecified atom stereocenters. The van der Waals surface area contributed by atoms with Crippen molar-refractivity contribution in [2.45, 2.75) is 19.6 Å². The Balaban J connectivity index is 1.43. The van der Waals surface area contributed by atoms with Crippen LogP contribution in [0.5, 0.6) is 0 Å². The van der Waals surface area contributed by atoms with Crippen molar-refractivity contribution >= 4 is 11.3 Å². The molecule has 0 spiro atoms. The van der Waals surface area contributed by atoms with Gasteiger partial charge in [0.2, 0.25) is 0 Å². The molecule has 1 fully saturated rings. The first-order valence-electron chi connectivity index (χ1n) is 8.05. The lowest BCUT2D eigenvalue weighted by molar-refractivity contribution is -0.0352. The van der Waals surface area contributed by atoms with Crippen LogP contribution in [0, 0.1) is 6.92 Å². The molecule has 1 aromatic carbocycles. The van der Waals surface area contributed by atoms with Crippen molar-refractivity contribution in [1.82, 2.24) is 15.0 Å². The lowest BCUT2D eigenvalue weighted by Crippen LogP contribution is -2.37. The van der Waals surface area contributed by atoms with Crippen molar-refractivity contribution in [1.29, 1.82) is 0 Å². The second-order valence-electron chi connectivity index (χ2n) is 5.97. The lowest BCUT2D eigenvalue weighted by atomic mass is 10.1. The summed E-state index contributed by atoms with van der Waals surface area (Å²) in [6.45, 7) is 5.18. The summed E-state index contributed by atoms with van der Waals surface area (Å²) in [6.07, 6.45) is 0.0500. The molecule has 0 amide bonds. The van der Waals surface area contributed by atoms with Gasteiger partial charge in [-0.05, 0) is 6.92 Å². The first-order valence-corrected chi connectivity index (χ1v) is 8.93. The van der Waals surface area contributed by atoms with E-state index in [0.29, 0.717) is 6.61 Å². The van der Waals surface area contributed by atoms with E-state index in [1.54, 1.807) is 11.3 Å². The van der Waals surface area contributed by atoms with E-state index in [9.17, 15) is 0 Å². The minimum absolute atomic E-state index is 0.0500. The van der Waals surface area contributed by atoms with Gasteiger partial charge < -0.3 is 9.26 Å². The molecule has 0 saturated carbocycles. The zero-order chi connectivity index (χ0) is 16.4. The summed E-state index contributed by atoms with van der Waals surface area (Å²) in [7, 11) is 0. The molecule has 1 atom stereocenters. The quantitative estimate of drug-likeness (QED) is 0.724. The first-order chi connectivity index (χ1) is 11.8. The summed E-state index contributed by atoms with van der Waals surface area (Å²) < 4.78 is 11.4. The lowest BCUT2D eigenvalue weighted by Gasteiger charge is -2.31. The van der Waals surface area contributed by atoms with Crippen LogP contribution in [0.1, 0.15) is 22.6 Å². The Morgan fingerprint density at radius 2 is 2.17 bits per heavy atom. The molecule has 124 valence electrons. The van der Waals surface area contributed by atoms with Crippen molar-refractivity contribution in [2.75, 3.05) is 19.7 Å². The molecule has 1 saturated heterocycles. The third-order valence-corrected chi connectivity index (χ3v) is 5.13. The van der Waals surface area contributed by atoms with E-state index in [2.05, 4.69) is 20.4 Å². The van der Waals surface area contributed by atoms with Gasteiger partial charge in [-0.25, -0.2) is 4.98 Å². The normalized spacial score (nSPS) is 18.8. The molecule has 0 radical (unpaired) electrons. The molecule has 5 nitrogen and oxygen atoms in total. The highest BCUT2D eigenvalue weighted by Crippen LogP contribution is 2.26. The zero-order valence-corrected chi connectivity index (χ0v) is 14.3. The van der Waals surface area contributed by atoms with E-state index in [0.717, 1.165) is 47.4 Å². The maximum absolute atomic E-state index is 5.88. The number of thiazole rings is 1. The number of hydrogen-bond acceptors (Lipinski definition) is 6. The molecule has 0 N–H and O–H groups in total. The predicted molar refractivity (Wildman–Crippen MR) is 92.8 cm³/mol. The van der Waals surface area contributed by atoms with Gasteiger partial charge in [-0.15, -0.1) is 11.3 Å². The van der Waals surface area contributed by atoms with Gasteiger partial charge in [0.05, 0.1) is 13.2 Å². The number of nitrogens with zero attached hydrogens (tertiary/aromatic N) is 3. The Morgan fingerprint density at radius 3 is 2.96 bits per heavy atom. The molecule has 3 aromatic rings. The van der Waals surface area contributed by atoms with E-state index < -0.39 is 0 Å². The molecule has 6 heteroatoms. The highest BCUT2D eigenvalue weighted by Gasteiger charge is 2.25. The average molecular weight is 341 g/mol. The van der Waals surface area contributed by atoms with E-state index in [1.165, 1.54) is 0 Å². The number of benzene rings is 1. The Bertz CT molecular complexity index is 799. The second-order valence-corrected chi connectivity index (χ2v) is 6.86. The summed E-state index contributed by atoms with van der Waals surface area (Å²) in [5.41, 5.74) is 3.01. The molecule has 0 bridgehead atoms. The van der Waals surface area contributed by atoms with Crippen LogP contribution in [-0.2, 0) is 11.3 Å². The Morgan fingerprint density at radius 1 is 1.29 bits per heavy atom. The van der Waals surface area contributed by atoms with Crippen LogP contribution in [0.2, 0.25) is 0 Å². The summed E-state index contributed by atoms with van der Waals surface area (Å²) in [6, 6.07) is 12.1. The fourth-order valence-electron chi connectivity index (χ4n) is 2.87. The highest BCUT2D eigenvalue weighted by molar-refractivity contribution is 7.09. The van der Waals surface area contributed by atoms with Crippen molar-refractivity contribution in [3.05, 3.63) is 58.2 Å². The van der Waals surface area contributed by atoms with Crippen molar-refractivity contribution in [2.24, 2.45) is 0 Å². The smallest absolute Gasteiger partial charge is 0.151 e. The van der Waals surface area contributed by atoms with Crippen LogP contribution in [0.25, 0.3) is 11.3 Å². The largest absolute Gasteiger partial charge is 0.368 e. The number of aromatic nitrogens is 2. The third kappa shape index (κ3) is 3.40. The van der Waals surface area contributed by atoms with Crippen LogP contribution in [0.15, 0.2) is 46.3 Å². The summed E-state index contributed by atoms with van der Waals surface area (Å²) in [4.78, 5) is 6.88. The molecular formula is C18H19N3O2S. The van der Waals surface area contributed by atoms with Gasteiger partial charge in [-0.3, -0.25) is 4.90 Å². The highest BCUT2D eigenvalue weighted by atomic mass is 32.1. The average Bonchev–Trinajstić information content (AvgIpc) is 3.25. The van der Waals surface area contributed by atoms with Gasteiger partial charge in [0.25, 0.3) is 0 Å². The van der Waals surface area contributed by atoms with Crippen LogP contribution in [0.3, 0.4) is 0 Å². The van der Waals surface area contributed by atoms with Crippen molar-refractivity contribution in [3.8, 4) is 11.3 Å². The minimum Gasteiger partial charge on any atom is -0.368 e. The molecule has 24 heavy (non-hydrogen) atoms. The van der Waals surface area contributed by atoms with Gasteiger partial charge in [-0.1, -0.05) is 35.5 Å². The van der Waals surface area contributed by atoms with Gasteiger partial charge in [0.15, 0.2) is 5.76 Å². The number of rotatable bonds is 4. The summed E-state index contributed by atoms with van der Waals surface area (Å²) >= 11 is 1.67. The van der Waals surface area contributed by atoms with Crippen molar-refractivity contribution in [3.63, 3.8) is 0 Å². The molecule has 3 heterocycles. The predicted octanol–water partition coefficient (Wildman–Crippen LogP) is 3.68. The topological polar surface area (TPSA) is 51.4 Å². The molecule has 1 aliphatic rings. The molecule has 0 aliphatic carbocycles. The standard InChI is InChI=1S/C18H19N3O2S/c1-13-12-24-18(19-13)17-11-21(7-8-22-17)10-15-9-16(20-23-15)14-5-3-2-4-6-14/h2-6,9,12,17H,7-8,10-11H2,1H3/t17-/m0/s1. The fourth-order valence-corrected chi connectivity index (χ4v) is 3.70. The molecule has 1 aliphatic heterocycles. The Kier molecular flexibility index (Phi) is 4.42. The van der Waals surface area contributed by atoms with Crippen molar-refractivity contribution < 1.29 is 9.26 Å². The van der Waals surface area contributed by atoms with Gasteiger partial charge in [0, 0.05) is 35.8 Å². The van der Waals surface area contributed by atoms with Crippen LogP contribution < -0.4 is 0 Å². The van der Waals surface area contributed by atoms with Gasteiger partial charge in [-0.2, -0.15) is 0 Å².